The van der Waals surface area contributed by atoms with Crippen LogP contribution in [0.25, 0.3) is 0 Å². The van der Waals surface area contributed by atoms with E-state index in [2.05, 4.69) is 16.0 Å². The van der Waals surface area contributed by atoms with Crippen molar-refractivity contribution in [2.75, 3.05) is 22.6 Å². The minimum Gasteiger partial charge on any atom is -0.450 e. The van der Waals surface area contributed by atoms with Gasteiger partial charge in [0, 0.05) is 23.9 Å². The van der Waals surface area contributed by atoms with E-state index in [0.717, 1.165) is 0 Å². The molecule has 0 heterocycles. The molecule has 3 N–H and O–H groups in total. The number of carbonyl (C=O) groups excluding carboxylic acids is 3. The van der Waals surface area contributed by atoms with E-state index < -0.39 is 6.09 Å². The van der Waals surface area contributed by atoms with Gasteiger partial charge in [-0.05, 0) is 49.4 Å². The summed E-state index contributed by atoms with van der Waals surface area (Å²) in [6.07, 6.45) is -0.557. The highest BCUT2D eigenvalue weighted by Gasteiger charge is 2.09. The van der Waals surface area contributed by atoms with Crippen LogP contribution < -0.4 is 16.0 Å². The number of benzene rings is 2. The Morgan fingerprint density at radius 2 is 1.62 bits per heavy atom. The normalized spacial score (nSPS) is 9.96. The molecular weight excluding hydrogens is 358 g/mol. The van der Waals surface area contributed by atoms with Gasteiger partial charge in [-0.3, -0.25) is 14.9 Å². The van der Waals surface area contributed by atoms with Crippen LogP contribution in [-0.4, -0.2) is 24.5 Å². The molecule has 0 aromatic heterocycles. The Labute approximate surface area is 155 Å². The lowest BCUT2D eigenvalue weighted by Gasteiger charge is -2.10. The average Bonchev–Trinajstić information content (AvgIpc) is 2.58. The summed E-state index contributed by atoms with van der Waals surface area (Å²) in [6.45, 7) is 3.37. The lowest BCUT2D eigenvalue weighted by atomic mass is 10.2. The zero-order chi connectivity index (χ0) is 19.1. The summed E-state index contributed by atoms with van der Waals surface area (Å²) in [5.41, 5.74) is 1.87. The van der Waals surface area contributed by atoms with Crippen LogP contribution in [0.15, 0.2) is 42.5 Å². The molecule has 3 amide bonds. The first-order valence-corrected chi connectivity index (χ1v) is 8.19. The smallest absolute Gasteiger partial charge is 0.411 e. The van der Waals surface area contributed by atoms with Gasteiger partial charge < -0.3 is 15.4 Å². The Morgan fingerprint density at radius 1 is 0.962 bits per heavy atom. The molecule has 2 aromatic carbocycles. The van der Waals surface area contributed by atoms with E-state index in [-0.39, 0.29) is 18.4 Å². The zero-order valence-electron chi connectivity index (χ0n) is 14.3. The summed E-state index contributed by atoms with van der Waals surface area (Å²) >= 11 is 6.08. The van der Waals surface area contributed by atoms with Gasteiger partial charge in [-0.15, -0.1) is 0 Å². The highest BCUT2D eigenvalue weighted by atomic mass is 35.5. The average molecular weight is 376 g/mol. The Hall–Kier alpha value is -3.06. The third-order valence-corrected chi connectivity index (χ3v) is 3.52. The van der Waals surface area contributed by atoms with Crippen LogP contribution in [0.3, 0.4) is 0 Å². The third-order valence-electron chi connectivity index (χ3n) is 3.21. The quantitative estimate of drug-likeness (QED) is 0.732. The van der Waals surface area contributed by atoms with E-state index in [1.165, 1.54) is 6.92 Å². The van der Waals surface area contributed by atoms with Gasteiger partial charge in [0.05, 0.1) is 17.3 Å². The second kappa shape index (κ2) is 8.87. The molecule has 2 aromatic rings. The Bertz CT molecular complexity index is 822. The van der Waals surface area contributed by atoms with Crippen LogP contribution in [0.5, 0.6) is 0 Å². The number of amides is 3. The summed E-state index contributed by atoms with van der Waals surface area (Å²) in [4.78, 5) is 34.7. The Balaban J connectivity index is 2.02. The number of anilines is 3. The van der Waals surface area contributed by atoms with Crippen LogP contribution in [0.4, 0.5) is 21.9 Å². The summed E-state index contributed by atoms with van der Waals surface area (Å²) in [6, 6.07) is 11.1. The van der Waals surface area contributed by atoms with Gasteiger partial charge in [-0.1, -0.05) is 11.6 Å². The number of nitrogens with one attached hydrogen (secondary N) is 3. The second-order valence-corrected chi connectivity index (χ2v) is 5.66. The summed E-state index contributed by atoms with van der Waals surface area (Å²) in [5.74, 6) is -0.573. The van der Waals surface area contributed by atoms with E-state index in [1.807, 2.05) is 0 Å². The molecule has 0 aliphatic rings. The van der Waals surface area contributed by atoms with Crippen molar-refractivity contribution in [3.63, 3.8) is 0 Å². The SMILES string of the molecule is CCOC(=O)Nc1ccc(C(=O)Nc2ccc(NC(C)=O)c(Cl)c2)cc1. The molecule has 2 rings (SSSR count). The van der Waals surface area contributed by atoms with Gasteiger partial charge in [0.25, 0.3) is 5.91 Å². The van der Waals surface area contributed by atoms with Crippen molar-refractivity contribution in [2.24, 2.45) is 0 Å². The molecule has 136 valence electrons. The van der Waals surface area contributed by atoms with Gasteiger partial charge >= 0.3 is 6.09 Å². The van der Waals surface area contributed by atoms with E-state index in [0.29, 0.717) is 27.6 Å². The van der Waals surface area contributed by atoms with Crippen molar-refractivity contribution in [1.82, 2.24) is 0 Å². The minimum atomic E-state index is -0.557. The molecule has 0 spiro atoms. The second-order valence-electron chi connectivity index (χ2n) is 5.25. The molecule has 0 unspecified atom stereocenters. The summed E-state index contributed by atoms with van der Waals surface area (Å²) in [5, 5.41) is 8.15. The van der Waals surface area contributed by atoms with Crippen molar-refractivity contribution in [1.29, 1.82) is 0 Å². The fourth-order valence-electron chi connectivity index (χ4n) is 2.08. The van der Waals surface area contributed by atoms with Crippen molar-refractivity contribution >= 4 is 46.6 Å². The van der Waals surface area contributed by atoms with Crippen LogP contribution in [0.2, 0.25) is 5.02 Å². The van der Waals surface area contributed by atoms with Crippen molar-refractivity contribution < 1.29 is 19.1 Å². The third kappa shape index (κ3) is 5.49. The van der Waals surface area contributed by atoms with Gasteiger partial charge in [-0.25, -0.2) is 4.79 Å². The van der Waals surface area contributed by atoms with Gasteiger partial charge in [0.15, 0.2) is 0 Å². The highest BCUT2D eigenvalue weighted by Crippen LogP contribution is 2.26. The number of hydrogen-bond donors (Lipinski definition) is 3. The molecule has 0 bridgehead atoms. The van der Waals surface area contributed by atoms with Gasteiger partial charge in [-0.2, -0.15) is 0 Å². The van der Waals surface area contributed by atoms with Crippen LogP contribution in [0, 0.1) is 0 Å². The van der Waals surface area contributed by atoms with E-state index in [4.69, 9.17) is 16.3 Å². The van der Waals surface area contributed by atoms with Crippen molar-refractivity contribution in [2.45, 2.75) is 13.8 Å². The van der Waals surface area contributed by atoms with Crippen LogP contribution in [-0.2, 0) is 9.53 Å². The van der Waals surface area contributed by atoms with E-state index in [9.17, 15) is 14.4 Å². The number of carbonyl (C=O) groups is 3. The molecule has 8 heteroatoms. The fourth-order valence-corrected chi connectivity index (χ4v) is 2.30. The van der Waals surface area contributed by atoms with Crippen molar-refractivity contribution in [3.8, 4) is 0 Å². The summed E-state index contributed by atoms with van der Waals surface area (Å²) < 4.78 is 4.78. The highest BCUT2D eigenvalue weighted by molar-refractivity contribution is 6.34. The lowest BCUT2D eigenvalue weighted by Crippen LogP contribution is -2.14. The number of hydrogen-bond acceptors (Lipinski definition) is 4. The maximum Gasteiger partial charge on any atom is 0.411 e. The largest absolute Gasteiger partial charge is 0.450 e. The standard InChI is InChI=1S/C18H18ClN3O4/c1-3-26-18(25)22-13-6-4-12(5-7-13)17(24)21-14-8-9-16(15(19)10-14)20-11(2)23/h4-10H,3H2,1-2H3,(H,20,23)(H,21,24)(H,22,25). The molecule has 26 heavy (non-hydrogen) atoms. The van der Waals surface area contributed by atoms with Gasteiger partial charge in [0.1, 0.15) is 0 Å². The van der Waals surface area contributed by atoms with E-state index >= 15 is 0 Å². The van der Waals surface area contributed by atoms with Crippen LogP contribution >= 0.6 is 11.6 Å². The van der Waals surface area contributed by atoms with Crippen LogP contribution in [0.1, 0.15) is 24.2 Å². The molecule has 0 saturated heterocycles. The molecule has 7 nitrogen and oxygen atoms in total. The molecule has 0 aliphatic carbocycles. The molecule has 0 aliphatic heterocycles. The monoisotopic (exact) mass is 375 g/mol. The number of halogens is 1. The lowest BCUT2D eigenvalue weighted by molar-refractivity contribution is -0.114. The maximum absolute atomic E-state index is 12.3. The first kappa shape index (κ1) is 19.3. The molecule has 0 fully saturated rings. The maximum atomic E-state index is 12.3. The van der Waals surface area contributed by atoms with E-state index in [1.54, 1.807) is 49.4 Å². The Morgan fingerprint density at radius 3 is 2.19 bits per heavy atom. The molecular formula is C18H18ClN3O4. The number of ether oxygens (including phenoxy) is 1. The van der Waals surface area contributed by atoms with Crippen molar-refractivity contribution in [3.05, 3.63) is 53.1 Å². The molecule has 0 saturated carbocycles. The minimum absolute atomic E-state index is 0.236. The Kier molecular flexibility index (Phi) is 6.57. The molecule has 0 atom stereocenters. The van der Waals surface area contributed by atoms with Gasteiger partial charge in [0.2, 0.25) is 5.91 Å². The zero-order valence-corrected chi connectivity index (χ0v) is 15.0. The topological polar surface area (TPSA) is 96.5 Å². The summed E-state index contributed by atoms with van der Waals surface area (Å²) in [7, 11) is 0. The predicted molar refractivity (Wildman–Crippen MR) is 101 cm³/mol. The predicted octanol–water partition coefficient (Wildman–Crippen LogP) is 4.12. The first-order chi connectivity index (χ1) is 12.4. The number of rotatable bonds is 5. The fraction of sp³-hybridized carbons (Fsp3) is 0.167. The molecule has 0 radical (unpaired) electrons. The first-order valence-electron chi connectivity index (χ1n) is 7.81.